The minimum atomic E-state index is 0.208. The van der Waals surface area contributed by atoms with Gasteiger partial charge in [-0.3, -0.25) is 9.78 Å². The van der Waals surface area contributed by atoms with Gasteiger partial charge in [-0.2, -0.15) is 0 Å². The van der Waals surface area contributed by atoms with Crippen molar-refractivity contribution in [1.82, 2.24) is 9.88 Å². The van der Waals surface area contributed by atoms with E-state index in [1.165, 1.54) is 5.69 Å². The number of amides is 1. The number of rotatable bonds is 2. The lowest BCUT2D eigenvalue weighted by Crippen LogP contribution is -2.39. The fraction of sp³-hybridized carbons (Fsp3) is 0.556. The minimum absolute atomic E-state index is 0.208. The Morgan fingerprint density at radius 2 is 2.14 bits per heavy atom. The van der Waals surface area contributed by atoms with Gasteiger partial charge in [0, 0.05) is 49.7 Å². The van der Waals surface area contributed by atoms with Crippen LogP contribution >= 0.6 is 0 Å². The Morgan fingerprint density at radius 3 is 2.91 bits per heavy atom. The summed E-state index contributed by atoms with van der Waals surface area (Å²) >= 11 is 0. The molecule has 22 heavy (non-hydrogen) atoms. The lowest BCUT2D eigenvalue weighted by Gasteiger charge is -2.27. The predicted octanol–water partition coefficient (Wildman–Crippen LogP) is 2.79. The molecule has 1 aliphatic heterocycles. The van der Waals surface area contributed by atoms with Crippen LogP contribution in [-0.2, 0) is 4.79 Å². The van der Waals surface area contributed by atoms with E-state index in [2.05, 4.69) is 39.1 Å². The number of carbonyl (C=O) groups excluding carboxylic acids is 1. The van der Waals surface area contributed by atoms with Crippen molar-refractivity contribution in [3.63, 3.8) is 0 Å². The van der Waals surface area contributed by atoms with Crippen molar-refractivity contribution in [3.05, 3.63) is 36.2 Å². The third-order valence-electron chi connectivity index (χ3n) is 4.67. The van der Waals surface area contributed by atoms with Crippen molar-refractivity contribution in [1.29, 1.82) is 0 Å². The summed E-state index contributed by atoms with van der Waals surface area (Å²) in [6.07, 6.45) is 10.2. The van der Waals surface area contributed by atoms with Gasteiger partial charge in [-0.1, -0.05) is 12.2 Å². The average Bonchev–Trinajstić information content (AvgIpc) is 2.81. The number of aryl methyl sites for hydroxylation is 1. The molecule has 1 fully saturated rings. The SMILES string of the molecule is Cc1cc(N2CCCN(C(=O)[C@H]3CC=CCC3)CC2)ccn1. The number of carbonyl (C=O) groups is 1. The lowest BCUT2D eigenvalue weighted by molar-refractivity contribution is -0.135. The van der Waals surface area contributed by atoms with E-state index in [9.17, 15) is 4.79 Å². The van der Waals surface area contributed by atoms with Gasteiger partial charge < -0.3 is 9.80 Å². The van der Waals surface area contributed by atoms with E-state index >= 15 is 0 Å². The third-order valence-corrected chi connectivity index (χ3v) is 4.67. The molecular weight excluding hydrogens is 274 g/mol. The molecule has 118 valence electrons. The fourth-order valence-corrected chi connectivity index (χ4v) is 3.40. The third kappa shape index (κ3) is 3.49. The Morgan fingerprint density at radius 1 is 1.23 bits per heavy atom. The normalized spacial score (nSPS) is 22.5. The largest absolute Gasteiger partial charge is 0.370 e. The zero-order valence-corrected chi connectivity index (χ0v) is 13.4. The maximum absolute atomic E-state index is 12.7. The Hall–Kier alpha value is -1.84. The Kier molecular flexibility index (Phi) is 4.76. The van der Waals surface area contributed by atoms with E-state index in [1.807, 2.05) is 13.1 Å². The highest BCUT2D eigenvalue weighted by atomic mass is 16.2. The summed E-state index contributed by atoms with van der Waals surface area (Å²) in [6.45, 7) is 5.67. The molecule has 1 amide bonds. The monoisotopic (exact) mass is 299 g/mol. The molecule has 1 aliphatic carbocycles. The molecule has 0 aromatic carbocycles. The van der Waals surface area contributed by atoms with Gasteiger partial charge in [-0.15, -0.1) is 0 Å². The highest BCUT2D eigenvalue weighted by Crippen LogP contribution is 2.22. The van der Waals surface area contributed by atoms with E-state index in [4.69, 9.17) is 0 Å². The van der Waals surface area contributed by atoms with E-state index in [0.29, 0.717) is 5.91 Å². The topological polar surface area (TPSA) is 36.4 Å². The second kappa shape index (κ2) is 6.95. The van der Waals surface area contributed by atoms with Crippen molar-refractivity contribution in [2.24, 2.45) is 5.92 Å². The molecule has 0 bridgehead atoms. The summed E-state index contributed by atoms with van der Waals surface area (Å²) < 4.78 is 0. The Balaban J connectivity index is 1.62. The van der Waals surface area contributed by atoms with Crippen molar-refractivity contribution >= 4 is 11.6 Å². The quantitative estimate of drug-likeness (QED) is 0.788. The molecule has 0 saturated carbocycles. The summed E-state index contributed by atoms with van der Waals surface area (Å²) in [7, 11) is 0. The number of pyridine rings is 1. The molecule has 1 atom stereocenters. The van der Waals surface area contributed by atoms with Crippen LogP contribution in [0.25, 0.3) is 0 Å². The van der Waals surface area contributed by atoms with Crippen LogP contribution in [0, 0.1) is 12.8 Å². The fourth-order valence-electron chi connectivity index (χ4n) is 3.40. The van der Waals surface area contributed by atoms with Crippen molar-refractivity contribution in [3.8, 4) is 0 Å². The molecule has 4 nitrogen and oxygen atoms in total. The number of hydrogen-bond donors (Lipinski definition) is 0. The summed E-state index contributed by atoms with van der Waals surface area (Å²) in [4.78, 5) is 21.4. The molecule has 0 radical (unpaired) electrons. The predicted molar refractivity (Wildman–Crippen MR) is 88.9 cm³/mol. The van der Waals surface area contributed by atoms with E-state index in [-0.39, 0.29) is 5.92 Å². The molecule has 0 spiro atoms. The van der Waals surface area contributed by atoms with E-state index in [1.54, 1.807) is 0 Å². The van der Waals surface area contributed by atoms with Gasteiger partial charge in [0.25, 0.3) is 0 Å². The summed E-state index contributed by atoms with van der Waals surface area (Å²) in [5, 5.41) is 0. The number of allylic oxidation sites excluding steroid dienone is 2. The molecule has 0 unspecified atom stereocenters. The Labute approximate surface area is 132 Å². The van der Waals surface area contributed by atoms with Gasteiger partial charge in [-0.05, 0) is 44.7 Å². The molecular formula is C18H25N3O. The van der Waals surface area contributed by atoms with Crippen molar-refractivity contribution in [2.45, 2.75) is 32.6 Å². The molecule has 1 saturated heterocycles. The highest BCUT2D eigenvalue weighted by molar-refractivity contribution is 5.79. The molecule has 2 aliphatic rings. The lowest BCUT2D eigenvalue weighted by atomic mass is 9.93. The van der Waals surface area contributed by atoms with Crippen LogP contribution in [-0.4, -0.2) is 42.0 Å². The van der Waals surface area contributed by atoms with Crippen LogP contribution in [0.3, 0.4) is 0 Å². The van der Waals surface area contributed by atoms with Gasteiger partial charge in [0.1, 0.15) is 0 Å². The van der Waals surface area contributed by atoms with Crippen molar-refractivity contribution in [2.75, 3.05) is 31.1 Å². The van der Waals surface area contributed by atoms with Crippen LogP contribution in [0.1, 0.15) is 31.4 Å². The molecule has 2 heterocycles. The number of nitrogens with zero attached hydrogens (tertiary/aromatic N) is 3. The van der Waals surface area contributed by atoms with E-state index < -0.39 is 0 Å². The first kappa shape index (κ1) is 15.1. The molecule has 3 rings (SSSR count). The number of aromatic nitrogens is 1. The molecule has 0 N–H and O–H groups in total. The zero-order valence-electron chi connectivity index (χ0n) is 13.4. The maximum atomic E-state index is 12.7. The standard InChI is InChI=1S/C18H25N3O/c1-15-14-17(8-9-19-15)20-10-5-11-21(13-12-20)18(22)16-6-3-2-4-7-16/h2-3,8-9,14,16H,4-7,10-13H2,1H3/t16-/m0/s1. The van der Waals surface area contributed by atoms with Gasteiger partial charge >= 0.3 is 0 Å². The van der Waals surface area contributed by atoms with Crippen LogP contribution in [0.5, 0.6) is 0 Å². The second-order valence-electron chi connectivity index (χ2n) is 6.30. The Bertz CT molecular complexity index is 555. The van der Waals surface area contributed by atoms with Gasteiger partial charge in [0.2, 0.25) is 5.91 Å². The van der Waals surface area contributed by atoms with Crippen LogP contribution in [0.2, 0.25) is 0 Å². The number of anilines is 1. The smallest absolute Gasteiger partial charge is 0.226 e. The molecule has 1 aromatic heterocycles. The first-order valence-electron chi connectivity index (χ1n) is 8.35. The first-order chi connectivity index (χ1) is 10.7. The maximum Gasteiger partial charge on any atom is 0.226 e. The van der Waals surface area contributed by atoms with Crippen LogP contribution < -0.4 is 4.90 Å². The van der Waals surface area contributed by atoms with Gasteiger partial charge in [0.05, 0.1) is 0 Å². The minimum Gasteiger partial charge on any atom is -0.370 e. The van der Waals surface area contributed by atoms with Crippen LogP contribution in [0.15, 0.2) is 30.5 Å². The zero-order chi connectivity index (χ0) is 15.4. The summed E-state index contributed by atoms with van der Waals surface area (Å²) in [6, 6.07) is 4.19. The molecule has 4 heteroatoms. The highest BCUT2D eigenvalue weighted by Gasteiger charge is 2.26. The van der Waals surface area contributed by atoms with Crippen LogP contribution in [0.4, 0.5) is 5.69 Å². The van der Waals surface area contributed by atoms with Crippen molar-refractivity contribution < 1.29 is 4.79 Å². The van der Waals surface area contributed by atoms with Gasteiger partial charge in [-0.25, -0.2) is 0 Å². The van der Waals surface area contributed by atoms with E-state index in [0.717, 1.165) is 57.6 Å². The second-order valence-corrected chi connectivity index (χ2v) is 6.30. The number of hydrogen-bond acceptors (Lipinski definition) is 3. The first-order valence-corrected chi connectivity index (χ1v) is 8.35. The summed E-state index contributed by atoms with van der Waals surface area (Å²) in [5.74, 6) is 0.567. The summed E-state index contributed by atoms with van der Waals surface area (Å²) in [5.41, 5.74) is 2.27. The van der Waals surface area contributed by atoms with Gasteiger partial charge in [0.15, 0.2) is 0 Å². The average molecular weight is 299 g/mol. The molecule has 1 aromatic rings.